The van der Waals surface area contributed by atoms with E-state index in [0.717, 1.165) is 22.4 Å². The Morgan fingerprint density at radius 2 is 1.87 bits per heavy atom. The number of esters is 1. The molecule has 0 aliphatic heterocycles. The molecule has 1 N–H and O–H groups in total. The molecule has 0 saturated carbocycles. The van der Waals surface area contributed by atoms with E-state index in [1.165, 1.54) is 0 Å². The van der Waals surface area contributed by atoms with E-state index in [9.17, 15) is 9.90 Å². The van der Waals surface area contributed by atoms with E-state index in [1.54, 1.807) is 20.0 Å². The highest BCUT2D eigenvalue weighted by atomic mass is 16.5. The quantitative estimate of drug-likeness (QED) is 0.861. The molecule has 1 atom stereocenters. The third kappa shape index (κ3) is 4.63. The molecular formula is C19H23NO3. The highest BCUT2D eigenvalue weighted by Gasteiger charge is 2.36. The molecule has 0 bridgehead atoms. The largest absolute Gasteiger partial charge is 0.460 e. The second kappa shape index (κ2) is 6.92. The Balaban J connectivity index is 2.16. The molecule has 4 heteroatoms. The molecule has 2 rings (SSSR count). The molecule has 1 aromatic carbocycles. The van der Waals surface area contributed by atoms with Crippen LogP contribution in [-0.2, 0) is 16.1 Å². The van der Waals surface area contributed by atoms with Crippen molar-refractivity contribution in [2.24, 2.45) is 0 Å². The van der Waals surface area contributed by atoms with Gasteiger partial charge in [-0.1, -0.05) is 29.8 Å². The first-order valence-electron chi connectivity index (χ1n) is 7.64. The van der Waals surface area contributed by atoms with Crippen LogP contribution in [0.15, 0.2) is 42.6 Å². The van der Waals surface area contributed by atoms with E-state index < -0.39 is 17.5 Å². The Bertz CT molecular complexity index is 672. The maximum Gasteiger partial charge on any atom is 0.316 e. The van der Waals surface area contributed by atoms with Crippen LogP contribution in [0.5, 0.6) is 0 Å². The molecule has 2 aromatic rings. The maximum absolute atomic E-state index is 12.5. The van der Waals surface area contributed by atoms with Crippen molar-refractivity contribution in [3.05, 3.63) is 65.0 Å². The van der Waals surface area contributed by atoms with Crippen molar-refractivity contribution in [3.63, 3.8) is 0 Å². The molecule has 0 fully saturated rings. The number of hydrogen-bond donors (Lipinski definition) is 1. The molecular weight excluding hydrogens is 290 g/mol. The van der Waals surface area contributed by atoms with Gasteiger partial charge in [-0.2, -0.15) is 0 Å². The second-order valence-electron chi connectivity index (χ2n) is 6.41. The maximum atomic E-state index is 12.5. The van der Waals surface area contributed by atoms with Crippen molar-refractivity contribution < 1.29 is 14.6 Å². The van der Waals surface area contributed by atoms with E-state index in [-0.39, 0.29) is 6.61 Å². The summed E-state index contributed by atoms with van der Waals surface area (Å²) in [7, 11) is 0. The molecule has 1 aromatic heterocycles. The number of rotatable bonds is 5. The van der Waals surface area contributed by atoms with Gasteiger partial charge in [0.2, 0.25) is 0 Å². The van der Waals surface area contributed by atoms with Crippen LogP contribution in [0, 0.1) is 13.8 Å². The van der Waals surface area contributed by atoms with Gasteiger partial charge in [-0.05, 0) is 51.0 Å². The summed E-state index contributed by atoms with van der Waals surface area (Å²) in [5.41, 5.74) is 2.39. The summed E-state index contributed by atoms with van der Waals surface area (Å²) < 4.78 is 5.43. The summed E-state index contributed by atoms with van der Waals surface area (Å²) >= 11 is 0. The molecule has 4 nitrogen and oxygen atoms in total. The smallest absolute Gasteiger partial charge is 0.316 e. The number of ether oxygens (including phenoxy) is 1. The van der Waals surface area contributed by atoms with Crippen molar-refractivity contribution in [2.45, 2.75) is 45.8 Å². The molecule has 1 heterocycles. The number of nitrogens with zero attached hydrogens (tertiary/aromatic N) is 1. The zero-order valence-corrected chi connectivity index (χ0v) is 14.0. The van der Waals surface area contributed by atoms with Crippen LogP contribution in [0.25, 0.3) is 0 Å². The van der Waals surface area contributed by atoms with Crippen LogP contribution >= 0.6 is 0 Å². The first-order chi connectivity index (χ1) is 10.8. The minimum absolute atomic E-state index is 0.167. The number of aryl methyl sites for hydroxylation is 2. The van der Waals surface area contributed by atoms with E-state index >= 15 is 0 Å². The Labute approximate surface area is 137 Å². The molecule has 0 spiro atoms. The van der Waals surface area contributed by atoms with Gasteiger partial charge in [-0.15, -0.1) is 0 Å². The summed E-state index contributed by atoms with van der Waals surface area (Å²) in [6, 6.07) is 11.2. The minimum Gasteiger partial charge on any atom is -0.460 e. The summed E-state index contributed by atoms with van der Waals surface area (Å²) in [5.74, 6) is -1.16. The molecule has 0 amide bonds. The van der Waals surface area contributed by atoms with Crippen LogP contribution in [0.4, 0.5) is 0 Å². The highest BCUT2D eigenvalue weighted by molar-refractivity contribution is 5.79. The van der Waals surface area contributed by atoms with Crippen LogP contribution in [0.3, 0.4) is 0 Å². The van der Waals surface area contributed by atoms with Crippen LogP contribution in [0.2, 0.25) is 0 Å². The third-order valence-electron chi connectivity index (χ3n) is 3.69. The van der Waals surface area contributed by atoms with Gasteiger partial charge in [-0.3, -0.25) is 9.78 Å². The van der Waals surface area contributed by atoms with Crippen molar-refractivity contribution in [1.82, 2.24) is 4.98 Å². The zero-order valence-electron chi connectivity index (χ0n) is 14.0. The Kier molecular flexibility index (Phi) is 5.16. The monoisotopic (exact) mass is 313 g/mol. The molecule has 23 heavy (non-hydrogen) atoms. The lowest BCUT2D eigenvalue weighted by Gasteiger charge is -2.28. The van der Waals surface area contributed by atoms with E-state index in [1.807, 2.05) is 50.2 Å². The number of aromatic nitrogens is 1. The first kappa shape index (κ1) is 17.2. The normalized spacial score (nSPS) is 12.7. The molecule has 0 aliphatic carbocycles. The number of pyridine rings is 1. The predicted octanol–water partition coefficient (Wildman–Crippen LogP) is 3.30. The summed E-state index contributed by atoms with van der Waals surface area (Å²) in [6.07, 6.45) is 1.69. The number of carbonyl (C=O) groups excluding carboxylic acids is 1. The van der Waals surface area contributed by atoms with Gasteiger partial charge in [0.15, 0.2) is 0 Å². The standard InChI is InChI=1S/C19H23NO3/c1-13-5-7-16(8-6-13)17(19(3,4)22)18(21)23-12-15-9-10-20-14(2)11-15/h5-11,17,22H,12H2,1-4H3. The topological polar surface area (TPSA) is 59.4 Å². The first-order valence-corrected chi connectivity index (χ1v) is 7.64. The number of hydrogen-bond acceptors (Lipinski definition) is 4. The van der Waals surface area contributed by atoms with Crippen molar-refractivity contribution >= 4 is 5.97 Å². The lowest BCUT2D eigenvalue weighted by atomic mass is 9.84. The Morgan fingerprint density at radius 1 is 1.22 bits per heavy atom. The summed E-state index contributed by atoms with van der Waals surface area (Å²) in [5, 5.41) is 10.4. The third-order valence-corrected chi connectivity index (χ3v) is 3.69. The Morgan fingerprint density at radius 3 is 2.43 bits per heavy atom. The summed E-state index contributed by atoms with van der Waals surface area (Å²) in [4.78, 5) is 16.7. The average molecular weight is 313 g/mol. The second-order valence-corrected chi connectivity index (χ2v) is 6.41. The molecule has 1 unspecified atom stereocenters. The molecule has 0 saturated heterocycles. The summed E-state index contributed by atoms with van der Waals surface area (Å²) in [6.45, 7) is 7.27. The van der Waals surface area contributed by atoms with E-state index in [2.05, 4.69) is 4.98 Å². The molecule has 0 radical (unpaired) electrons. The van der Waals surface area contributed by atoms with Gasteiger partial charge in [-0.25, -0.2) is 0 Å². The van der Waals surface area contributed by atoms with Crippen LogP contribution in [-0.4, -0.2) is 21.7 Å². The predicted molar refractivity (Wildman–Crippen MR) is 89.0 cm³/mol. The fourth-order valence-electron chi connectivity index (χ4n) is 2.52. The number of benzene rings is 1. The van der Waals surface area contributed by atoms with Crippen molar-refractivity contribution in [3.8, 4) is 0 Å². The van der Waals surface area contributed by atoms with Crippen molar-refractivity contribution in [1.29, 1.82) is 0 Å². The van der Waals surface area contributed by atoms with Crippen LogP contribution < -0.4 is 0 Å². The van der Waals surface area contributed by atoms with Gasteiger partial charge in [0.05, 0.1) is 5.60 Å². The Hall–Kier alpha value is -2.20. The SMILES string of the molecule is Cc1ccc(C(C(=O)OCc2ccnc(C)c2)C(C)(C)O)cc1. The highest BCUT2D eigenvalue weighted by Crippen LogP contribution is 2.30. The minimum atomic E-state index is -1.21. The van der Waals surface area contributed by atoms with Gasteiger partial charge in [0.1, 0.15) is 12.5 Å². The van der Waals surface area contributed by atoms with Crippen molar-refractivity contribution in [2.75, 3.05) is 0 Å². The lowest BCUT2D eigenvalue weighted by molar-refractivity contribution is -0.152. The van der Waals surface area contributed by atoms with Gasteiger partial charge >= 0.3 is 5.97 Å². The van der Waals surface area contributed by atoms with Crippen LogP contribution in [0.1, 0.15) is 42.1 Å². The van der Waals surface area contributed by atoms with Gasteiger partial charge in [0.25, 0.3) is 0 Å². The van der Waals surface area contributed by atoms with E-state index in [0.29, 0.717) is 0 Å². The van der Waals surface area contributed by atoms with Gasteiger partial charge < -0.3 is 9.84 Å². The van der Waals surface area contributed by atoms with E-state index in [4.69, 9.17) is 4.74 Å². The zero-order chi connectivity index (χ0) is 17.0. The molecule has 122 valence electrons. The van der Waals surface area contributed by atoms with Gasteiger partial charge in [0, 0.05) is 11.9 Å². The lowest BCUT2D eigenvalue weighted by Crippen LogP contribution is -2.35. The number of aliphatic hydroxyl groups is 1. The molecule has 0 aliphatic rings. The average Bonchev–Trinajstić information content (AvgIpc) is 2.46. The number of carbonyl (C=O) groups is 1. The fourth-order valence-corrected chi connectivity index (χ4v) is 2.52. The fraction of sp³-hybridized carbons (Fsp3) is 0.368.